The van der Waals surface area contributed by atoms with Crippen LogP contribution in [-0.2, 0) is 6.42 Å². The van der Waals surface area contributed by atoms with Gasteiger partial charge in [-0.2, -0.15) is 0 Å². The molecule has 0 aliphatic carbocycles. The second kappa shape index (κ2) is 6.20. The highest BCUT2D eigenvalue weighted by Gasteiger charge is 2.11. The van der Waals surface area contributed by atoms with Gasteiger partial charge in [-0.3, -0.25) is 0 Å². The van der Waals surface area contributed by atoms with E-state index in [0.29, 0.717) is 6.04 Å². The van der Waals surface area contributed by atoms with Crippen LogP contribution in [0, 0.1) is 0 Å². The SMILES string of the molecule is CCNC(Cc1cccc(Cl)c1)c1cccs1. The maximum absolute atomic E-state index is 6.01. The molecule has 0 radical (unpaired) electrons. The average Bonchev–Trinajstić information content (AvgIpc) is 2.82. The fraction of sp³-hybridized carbons (Fsp3) is 0.286. The molecule has 0 spiro atoms. The van der Waals surface area contributed by atoms with E-state index in [9.17, 15) is 0 Å². The first-order valence-electron chi connectivity index (χ1n) is 5.81. The van der Waals surface area contributed by atoms with Crippen molar-refractivity contribution in [3.05, 3.63) is 57.2 Å². The van der Waals surface area contributed by atoms with E-state index in [4.69, 9.17) is 11.6 Å². The molecule has 0 aliphatic rings. The second-order valence-corrected chi connectivity index (χ2v) is 5.38. The molecule has 1 aromatic carbocycles. The van der Waals surface area contributed by atoms with Crippen molar-refractivity contribution in [3.63, 3.8) is 0 Å². The smallest absolute Gasteiger partial charge is 0.0455 e. The van der Waals surface area contributed by atoms with E-state index in [0.717, 1.165) is 18.0 Å². The van der Waals surface area contributed by atoms with E-state index in [2.05, 4.69) is 35.8 Å². The van der Waals surface area contributed by atoms with Crippen LogP contribution in [0.1, 0.15) is 23.4 Å². The number of hydrogen-bond donors (Lipinski definition) is 1. The Balaban J connectivity index is 2.13. The molecule has 17 heavy (non-hydrogen) atoms. The fourth-order valence-corrected chi connectivity index (χ4v) is 2.92. The minimum absolute atomic E-state index is 0.387. The molecule has 2 aromatic rings. The Kier molecular flexibility index (Phi) is 4.60. The summed E-state index contributed by atoms with van der Waals surface area (Å²) in [6.45, 7) is 3.11. The molecular formula is C14H16ClNS. The maximum Gasteiger partial charge on any atom is 0.0455 e. The van der Waals surface area contributed by atoms with Gasteiger partial charge >= 0.3 is 0 Å². The van der Waals surface area contributed by atoms with Crippen molar-refractivity contribution in [1.82, 2.24) is 5.32 Å². The van der Waals surface area contributed by atoms with E-state index in [1.165, 1.54) is 10.4 Å². The van der Waals surface area contributed by atoms with E-state index in [1.54, 1.807) is 11.3 Å². The molecule has 1 atom stereocenters. The zero-order valence-corrected chi connectivity index (χ0v) is 11.4. The van der Waals surface area contributed by atoms with Crippen molar-refractivity contribution in [2.75, 3.05) is 6.54 Å². The van der Waals surface area contributed by atoms with Gasteiger partial charge < -0.3 is 5.32 Å². The first kappa shape index (κ1) is 12.6. The van der Waals surface area contributed by atoms with Gasteiger partial charge in [-0.25, -0.2) is 0 Å². The Hall–Kier alpha value is -0.830. The van der Waals surface area contributed by atoms with Crippen molar-refractivity contribution in [3.8, 4) is 0 Å². The quantitative estimate of drug-likeness (QED) is 0.850. The van der Waals surface area contributed by atoms with Crippen LogP contribution in [0.25, 0.3) is 0 Å². The summed E-state index contributed by atoms with van der Waals surface area (Å²) in [6, 6.07) is 12.8. The third-order valence-electron chi connectivity index (χ3n) is 2.67. The van der Waals surface area contributed by atoms with Gasteiger partial charge in [0.25, 0.3) is 0 Å². The Labute approximate surface area is 111 Å². The van der Waals surface area contributed by atoms with Gasteiger partial charge in [0.1, 0.15) is 0 Å². The highest BCUT2D eigenvalue weighted by molar-refractivity contribution is 7.10. The molecule has 0 aliphatic heterocycles. The molecule has 3 heteroatoms. The van der Waals surface area contributed by atoms with Crippen LogP contribution in [0.5, 0.6) is 0 Å². The van der Waals surface area contributed by atoms with Gasteiger partial charge in [0.15, 0.2) is 0 Å². The van der Waals surface area contributed by atoms with Crippen LogP contribution < -0.4 is 5.32 Å². The number of halogens is 1. The molecule has 0 fully saturated rings. The van der Waals surface area contributed by atoms with Crippen molar-refractivity contribution in [1.29, 1.82) is 0 Å². The summed E-state index contributed by atoms with van der Waals surface area (Å²) < 4.78 is 0. The van der Waals surface area contributed by atoms with Gasteiger partial charge in [0, 0.05) is 15.9 Å². The molecule has 0 saturated heterocycles. The summed E-state index contributed by atoms with van der Waals surface area (Å²) in [7, 11) is 0. The largest absolute Gasteiger partial charge is 0.309 e. The van der Waals surface area contributed by atoms with Gasteiger partial charge in [0.2, 0.25) is 0 Å². The number of rotatable bonds is 5. The maximum atomic E-state index is 6.01. The first-order chi connectivity index (χ1) is 8.29. The van der Waals surface area contributed by atoms with Crippen LogP contribution in [0.15, 0.2) is 41.8 Å². The molecule has 1 heterocycles. The monoisotopic (exact) mass is 265 g/mol. The van der Waals surface area contributed by atoms with E-state index in [1.807, 2.05) is 18.2 Å². The van der Waals surface area contributed by atoms with Crippen LogP contribution in [-0.4, -0.2) is 6.54 Å². The molecule has 2 rings (SSSR count). The number of nitrogens with one attached hydrogen (secondary N) is 1. The third kappa shape index (κ3) is 3.56. The lowest BCUT2D eigenvalue weighted by Crippen LogP contribution is -2.22. The summed E-state index contributed by atoms with van der Waals surface area (Å²) in [5.41, 5.74) is 1.27. The summed E-state index contributed by atoms with van der Waals surface area (Å²) in [4.78, 5) is 1.38. The normalized spacial score (nSPS) is 12.6. The van der Waals surface area contributed by atoms with Crippen LogP contribution in [0.2, 0.25) is 5.02 Å². The first-order valence-corrected chi connectivity index (χ1v) is 7.06. The van der Waals surface area contributed by atoms with E-state index < -0.39 is 0 Å². The van der Waals surface area contributed by atoms with Crippen molar-refractivity contribution in [2.45, 2.75) is 19.4 Å². The minimum Gasteiger partial charge on any atom is -0.309 e. The highest BCUT2D eigenvalue weighted by Crippen LogP contribution is 2.23. The Bertz CT molecular complexity index is 453. The topological polar surface area (TPSA) is 12.0 Å². The molecule has 1 unspecified atom stereocenters. The lowest BCUT2D eigenvalue weighted by molar-refractivity contribution is 0.558. The molecule has 90 valence electrons. The zero-order valence-electron chi connectivity index (χ0n) is 9.82. The van der Waals surface area contributed by atoms with Gasteiger partial charge in [-0.05, 0) is 42.1 Å². The van der Waals surface area contributed by atoms with Crippen LogP contribution in [0.4, 0.5) is 0 Å². The third-order valence-corrected chi connectivity index (χ3v) is 3.89. The lowest BCUT2D eigenvalue weighted by Gasteiger charge is -2.16. The van der Waals surface area contributed by atoms with Gasteiger partial charge in [-0.15, -0.1) is 11.3 Å². The van der Waals surface area contributed by atoms with Crippen molar-refractivity contribution >= 4 is 22.9 Å². The van der Waals surface area contributed by atoms with E-state index >= 15 is 0 Å². The molecular weight excluding hydrogens is 250 g/mol. The number of likely N-dealkylation sites (N-methyl/N-ethyl adjacent to an activating group) is 1. The molecule has 1 N–H and O–H groups in total. The Morgan fingerprint density at radius 1 is 1.29 bits per heavy atom. The summed E-state index contributed by atoms with van der Waals surface area (Å²) in [5.74, 6) is 0. The van der Waals surface area contributed by atoms with E-state index in [-0.39, 0.29) is 0 Å². The van der Waals surface area contributed by atoms with Crippen molar-refractivity contribution < 1.29 is 0 Å². The molecule has 1 nitrogen and oxygen atoms in total. The predicted octanol–water partition coefficient (Wildman–Crippen LogP) is 4.29. The second-order valence-electron chi connectivity index (χ2n) is 3.96. The molecule has 1 aromatic heterocycles. The van der Waals surface area contributed by atoms with Crippen LogP contribution >= 0.6 is 22.9 Å². The number of thiophene rings is 1. The van der Waals surface area contributed by atoms with Crippen molar-refractivity contribution in [2.24, 2.45) is 0 Å². The minimum atomic E-state index is 0.387. The summed E-state index contributed by atoms with van der Waals surface area (Å²) >= 11 is 7.81. The number of hydrogen-bond acceptors (Lipinski definition) is 2. The zero-order chi connectivity index (χ0) is 12.1. The highest BCUT2D eigenvalue weighted by atomic mass is 35.5. The lowest BCUT2D eigenvalue weighted by atomic mass is 10.0. The summed E-state index contributed by atoms with van der Waals surface area (Å²) in [5, 5.41) is 6.45. The Morgan fingerprint density at radius 3 is 2.82 bits per heavy atom. The molecule has 0 saturated carbocycles. The molecule has 0 bridgehead atoms. The predicted molar refractivity (Wildman–Crippen MR) is 75.9 cm³/mol. The number of benzene rings is 1. The van der Waals surface area contributed by atoms with Crippen LogP contribution in [0.3, 0.4) is 0 Å². The van der Waals surface area contributed by atoms with Gasteiger partial charge in [0.05, 0.1) is 0 Å². The fourth-order valence-electron chi connectivity index (χ4n) is 1.91. The molecule has 0 amide bonds. The standard InChI is InChI=1S/C14H16ClNS/c1-2-16-13(14-7-4-8-17-14)10-11-5-3-6-12(15)9-11/h3-9,13,16H,2,10H2,1H3. The average molecular weight is 266 g/mol. The van der Waals surface area contributed by atoms with Gasteiger partial charge in [-0.1, -0.05) is 36.7 Å². The summed E-state index contributed by atoms with van der Waals surface area (Å²) in [6.07, 6.45) is 0.981. The Morgan fingerprint density at radius 2 is 2.18 bits per heavy atom.